The van der Waals surface area contributed by atoms with E-state index in [4.69, 9.17) is 5.73 Å². The fourth-order valence-corrected chi connectivity index (χ4v) is 1.65. The van der Waals surface area contributed by atoms with Crippen LogP contribution in [0.2, 0.25) is 0 Å². The van der Waals surface area contributed by atoms with E-state index in [-0.39, 0.29) is 0 Å². The number of piperidine rings is 1. The maximum Gasteiger partial charge on any atom is 0.0455 e. The van der Waals surface area contributed by atoms with Gasteiger partial charge in [0.1, 0.15) is 0 Å². The molecular weight excluding hydrogens is 138 g/mol. The van der Waals surface area contributed by atoms with E-state index in [2.05, 4.69) is 23.9 Å². The SMILES string of the molecule is CN1CCCC(N(C)CN)C1. The number of likely N-dealkylation sites (N-methyl/N-ethyl adjacent to an activating group) is 2. The van der Waals surface area contributed by atoms with Crippen molar-refractivity contribution in [3.05, 3.63) is 0 Å². The summed E-state index contributed by atoms with van der Waals surface area (Å²) in [6.07, 6.45) is 2.61. The van der Waals surface area contributed by atoms with Gasteiger partial charge in [-0.15, -0.1) is 0 Å². The van der Waals surface area contributed by atoms with Crippen LogP contribution in [0.4, 0.5) is 0 Å². The number of rotatable bonds is 2. The van der Waals surface area contributed by atoms with Gasteiger partial charge < -0.3 is 10.6 Å². The topological polar surface area (TPSA) is 32.5 Å². The molecule has 1 heterocycles. The molecule has 1 atom stereocenters. The molecule has 11 heavy (non-hydrogen) atoms. The maximum absolute atomic E-state index is 5.56. The molecule has 1 aliphatic rings. The molecule has 0 aromatic carbocycles. The molecule has 0 aliphatic carbocycles. The Kier molecular flexibility index (Phi) is 3.30. The number of likely N-dealkylation sites (tertiary alicyclic amines) is 1. The molecule has 0 aromatic rings. The van der Waals surface area contributed by atoms with E-state index in [1.807, 2.05) is 0 Å². The molecule has 0 spiro atoms. The van der Waals surface area contributed by atoms with Crippen molar-refractivity contribution in [3.8, 4) is 0 Å². The minimum absolute atomic E-state index is 0.679. The van der Waals surface area contributed by atoms with Crippen molar-refractivity contribution in [2.75, 3.05) is 33.9 Å². The van der Waals surface area contributed by atoms with E-state index in [1.165, 1.54) is 25.9 Å². The second kappa shape index (κ2) is 4.04. The zero-order valence-corrected chi connectivity index (χ0v) is 7.58. The van der Waals surface area contributed by atoms with E-state index in [1.54, 1.807) is 0 Å². The Morgan fingerprint density at radius 1 is 1.64 bits per heavy atom. The Balaban J connectivity index is 2.33. The molecule has 3 heteroatoms. The number of hydrogen-bond donors (Lipinski definition) is 1. The normalized spacial score (nSPS) is 27.8. The monoisotopic (exact) mass is 157 g/mol. The smallest absolute Gasteiger partial charge is 0.0455 e. The van der Waals surface area contributed by atoms with Crippen LogP contribution in [0.25, 0.3) is 0 Å². The Morgan fingerprint density at radius 3 is 2.91 bits per heavy atom. The van der Waals surface area contributed by atoms with Gasteiger partial charge in [-0.3, -0.25) is 4.90 Å². The zero-order valence-electron chi connectivity index (χ0n) is 7.58. The first-order valence-corrected chi connectivity index (χ1v) is 4.33. The summed E-state index contributed by atoms with van der Waals surface area (Å²) < 4.78 is 0. The molecule has 0 radical (unpaired) electrons. The van der Waals surface area contributed by atoms with Crippen molar-refractivity contribution < 1.29 is 0 Å². The third-order valence-corrected chi connectivity index (χ3v) is 2.51. The van der Waals surface area contributed by atoms with E-state index in [0.29, 0.717) is 12.7 Å². The van der Waals surface area contributed by atoms with Crippen LogP contribution in [-0.4, -0.2) is 49.7 Å². The molecule has 1 aliphatic heterocycles. The van der Waals surface area contributed by atoms with Crippen LogP contribution in [0.5, 0.6) is 0 Å². The lowest BCUT2D eigenvalue weighted by Gasteiger charge is -2.35. The first-order chi connectivity index (χ1) is 5.24. The van der Waals surface area contributed by atoms with Crippen molar-refractivity contribution in [2.45, 2.75) is 18.9 Å². The van der Waals surface area contributed by atoms with Gasteiger partial charge in [0.25, 0.3) is 0 Å². The summed E-state index contributed by atoms with van der Waals surface area (Å²) in [6.45, 7) is 3.10. The highest BCUT2D eigenvalue weighted by molar-refractivity contribution is 4.76. The molecule has 0 aromatic heterocycles. The quantitative estimate of drug-likeness (QED) is 0.569. The van der Waals surface area contributed by atoms with Crippen LogP contribution in [0, 0.1) is 0 Å². The molecule has 0 saturated carbocycles. The van der Waals surface area contributed by atoms with E-state index < -0.39 is 0 Å². The van der Waals surface area contributed by atoms with Crippen LogP contribution in [0.3, 0.4) is 0 Å². The predicted octanol–water partition coefficient (Wildman–Crippen LogP) is -0.0714. The van der Waals surface area contributed by atoms with Crippen molar-refractivity contribution >= 4 is 0 Å². The van der Waals surface area contributed by atoms with Crippen molar-refractivity contribution in [2.24, 2.45) is 5.73 Å². The minimum atomic E-state index is 0.679. The van der Waals surface area contributed by atoms with E-state index >= 15 is 0 Å². The van der Waals surface area contributed by atoms with Crippen molar-refractivity contribution in [1.29, 1.82) is 0 Å². The molecule has 66 valence electrons. The molecule has 2 N–H and O–H groups in total. The lowest BCUT2D eigenvalue weighted by atomic mass is 10.1. The molecular formula is C8H19N3. The largest absolute Gasteiger partial charge is 0.318 e. The summed E-state index contributed by atoms with van der Waals surface area (Å²) in [5.41, 5.74) is 5.56. The first-order valence-electron chi connectivity index (χ1n) is 4.33. The molecule has 1 unspecified atom stereocenters. The highest BCUT2D eigenvalue weighted by Gasteiger charge is 2.19. The Labute approximate surface area is 69.1 Å². The maximum atomic E-state index is 5.56. The predicted molar refractivity (Wildman–Crippen MR) is 47.3 cm³/mol. The highest BCUT2D eigenvalue weighted by atomic mass is 15.2. The second-order valence-corrected chi connectivity index (χ2v) is 3.50. The summed E-state index contributed by atoms with van der Waals surface area (Å²) in [6, 6.07) is 0.679. The van der Waals surface area contributed by atoms with E-state index in [0.717, 1.165) is 0 Å². The van der Waals surface area contributed by atoms with Crippen LogP contribution in [0.1, 0.15) is 12.8 Å². The summed E-state index contributed by atoms with van der Waals surface area (Å²) in [5.74, 6) is 0. The van der Waals surface area contributed by atoms with Crippen molar-refractivity contribution in [3.63, 3.8) is 0 Å². The molecule has 1 rings (SSSR count). The minimum Gasteiger partial charge on any atom is -0.318 e. The Bertz CT molecular complexity index is 116. The summed E-state index contributed by atoms with van der Waals surface area (Å²) >= 11 is 0. The fraction of sp³-hybridized carbons (Fsp3) is 1.00. The van der Waals surface area contributed by atoms with Gasteiger partial charge in [0.2, 0.25) is 0 Å². The first kappa shape index (κ1) is 8.97. The third-order valence-electron chi connectivity index (χ3n) is 2.51. The van der Waals surface area contributed by atoms with Crippen LogP contribution >= 0.6 is 0 Å². The number of nitrogens with zero attached hydrogens (tertiary/aromatic N) is 2. The lowest BCUT2D eigenvalue weighted by molar-refractivity contribution is 0.137. The number of nitrogens with two attached hydrogens (primary N) is 1. The van der Waals surface area contributed by atoms with Crippen LogP contribution in [-0.2, 0) is 0 Å². The number of hydrogen-bond acceptors (Lipinski definition) is 3. The zero-order chi connectivity index (χ0) is 8.27. The average molecular weight is 157 g/mol. The summed E-state index contributed by atoms with van der Waals surface area (Å²) in [4.78, 5) is 4.61. The lowest BCUT2D eigenvalue weighted by Crippen LogP contribution is -2.46. The van der Waals surface area contributed by atoms with Crippen LogP contribution < -0.4 is 5.73 Å². The molecule has 0 bridgehead atoms. The van der Waals surface area contributed by atoms with E-state index in [9.17, 15) is 0 Å². The highest BCUT2D eigenvalue weighted by Crippen LogP contribution is 2.11. The van der Waals surface area contributed by atoms with Gasteiger partial charge >= 0.3 is 0 Å². The summed E-state index contributed by atoms with van der Waals surface area (Å²) in [5, 5.41) is 0. The van der Waals surface area contributed by atoms with Gasteiger partial charge in [-0.05, 0) is 33.5 Å². The third kappa shape index (κ3) is 2.43. The van der Waals surface area contributed by atoms with Gasteiger partial charge in [-0.1, -0.05) is 0 Å². The van der Waals surface area contributed by atoms with Gasteiger partial charge in [0.15, 0.2) is 0 Å². The fourth-order valence-electron chi connectivity index (χ4n) is 1.65. The van der Waals surface area contributed by atoms with Crippen molar-refractivity contribution in [1.82, 2.24) is 9.80 Å². The van der Waals surface area contributed by atoms with Gasteiger partial charge in [0, 0.05) is 19.3 Å². The molecule has 0 amide bonds. The van der Waals surface area contributed by atoms with Crippen LogP contribution in [0.15, 0.2) is 0 Å². The van der Waals surface area contributed by atoms with Gasteiger partial charge in [-0.2, -0.15) is 0 Å². The average Bonchev–Trinajstić information content (AvgIpc) is 2.03. The second-order valence-electron chi connectivity index (χ2n) is 3.50. The van der Waals surface area contributed by atoms with Gasteiger partial charge in [-0.25, -0.2) is 0 Å². The van der Waals surface area contributed by atoms with Gasteiger partial charge in [0.05, 0.1) is 0 Å². The summed E-state index contributed by atoms with van der Waals surface area (Å²) in [7, 11) is 4.28. The standard InChI is InChI=1S/C8H19N3/c1-10-5-3-4-8(6-10)11(2)7-9/h8H,3-7,9H2,1-2H3. The Morgan fingerprint density at radius 2 is 2.36 bits per heavy atom. The Hall–Kier alpha value is -0.120. The molecule has 3 nitrogen and oxygen atoms in total. The molecule has 1 saturated heterocycles. The molecule has 1 fully saturated rings.